The van der Waals surface area contributed by atoms with E-state index in [0.717, 1.165) is 102 Å². The summed E-state index contributed by atoms with van der Waals surface area (Å²) in [5, 5.41) is 0. The lowest BCUT2D eigenvalue weighted by Gasteiger charge is -2.08. The molecular weight excluding hydrogens is 710 g/mol. The molecule has 4 heterocycles. The second kappa shape index (κ2) is 16.6. The minimum Gasteiger partial charge on any atom is -0.269 e. The van der Waals surface area contributed by atoms with Gasteiger partial charge >= 0.3 is 0 Å². The van der Waals surface area contributed by atoms with Crippen molar-refractivity contribution in [2.75, 3.05) is 0 Å². The number of hydrogen-bond donors (Lipinski definition) is 0. The number of terminal acetylenes is 1. The summed E-state index contributed by atoms with van der Waals surface area (Å²) in [7, 11) is 0. The number of pyridine rings is 2. The molecule has 256 valence electrons. The van der Waals surface area contributed by atoms with Crippen LogP contribution in [-0.2, 0) is 25.7 Å². The zero-order chi connectivity index (χ0) is 35.7. The molecule has 8 rings (SSSR count). The molecule has 0 atom stereocenters. The molecule has 6 aromatic rings. The SMILES string of the molecule is C#Cc1ccc(F)cc1.O=c1c2c(nc3cc(Br)ccn13)CCCCC2.O=c1c2c(nc3cc(C#Cc4ccc(F)cc4)ccn13)CCCCC2. The number of rotatable bonds is 0. The minimum absolute atomic E-state index is 0.0416. The van der Waals surface area contributed by atoms with E-state index in [1.165, 1.54) is 30.7 Å². The number of benzene rings is 2. The van der Waals surface area contributed by atoms with Crippen molar-refractivity contribution < 1.29 is 8.78 Å². The predicted octanol–water partition coefficient (Wildman–Crippen LogP) is 8.04. The van der Waals surface area contributed by atoms with Crippen LogP contribution in [0.1, 0.15) is 77.7 Å². The lowest BCUT2D eigenvalue weighted by atomic mass is 10.1. The van der Waals surface area contributed by atoms with E-state index < -0.39 is 0 Å². The number of nitrogens with zero attached hydrogens (tertiary/aromatic N) is 4. The van der Waals surface area contributed by atoms with Gasteiger partial charge in [0.1, 0.15) is 22.9 Å². The number of fused-ring (bicyclic) bond motifs is 4. The highest BCUT2D eigenvalue weighted by atomic mass is 79.9. The molecule has 0 bridgehead atoms. The van der Waals surface area contributed by atoms with E-state index in [4.69, 9.17) is 11.4 Å². The van der Waals surface area contributed by atoms with Crippen LogP contribution in [0.4, 0.5) is 8.78 Å². The molecule has 51 heavy (non-hydrogen) atoms. The predicted molar refractivity (Wildman–Crippen MR) is 200 cm³/mol. The summed E-state index contributed by atoms with van der Waals surface area (Å²) in [5.74, 6) is 7.92. The molecule has 9 heteroatoms. The average molecular weight is 746 g/mol. The molecule has 4 aromatic heterocycles. The van der Waals surface area contributed by atoms with Gasteiger partial charge in [0.25, 0.3) is 11.1 Å². The van der Waals surface area contributed by atoms with E-state index in [9.17, 15) is 18.4 Å². The van der Waals surface area contributed by atoms with Crippen molar-refractivity contribution in [3.05, 3.63) is 161 Å². The first-order valence-corrected chi connectivity index (χ1v) is 17.8. The molecule has 0 N–H and O–H groups in total. The van der Waals surface area contributed by atoms with E-state index in [0.29, 0.717) is 11.2 Å². The highest BCUT2D eigenvalue weighted by Gasteiger charge is 2.16. The third-order valence-corrected chi connectivity index (χ3v) is 9.36. The van der Waals surface area contributed by atoms with Crippen molar-refractivity contribution in [2.45, 2.75) is 64.2 Å². The van der Waals surface area contributed by atoms with Crippen LogP contribution in [-0.4, -0.2) is 18.8 Å². The molecule has 0 aliphatic heterocycles. The van der Waals surface area contributed by atoms with Crippen LogP contribution < -0.4 is 11.1 Å². The molecule has 6 nitrogen and oxygen atoms in total. The van der Waals surface area contributed by atoms with Crippen LogP contribution in [0.25, 0.3) is 11.3 Å². The highest BCUT2D eigenvalue weighted by molar-refractivity contribution is 9.10. The van der Waals surface area contributed by atoms with Crippen LogP contribution in [0.3, 0.4) is 0 Å². The fourth-order valence-corrected chi connectivity index (χ4v) is 6.50. The van der Waals surface area contributed by atoms with Gasteiger partial charge < -0.3 is 0 Å². The largest absolute Gasteiger partial charge is 0.269 e. The molecule has 0 amide bonds. The van der Waals surface area contributed by atoms with Gasteiger partial charge in [0.15, 0.2) is 0 Å². The summed E-state index contributed by atoms with van der Waals surface area (Å²) in [5.41, 5.74) is 7.48. The van der Waals surface area contributed by atoms with Crippen LogP contribution in [0.5, 0.6) is 0 Å². The maximum Gasteiger partial charge on any atom is 0.261 e. The Morgan fingerprint density at radius 3 is 1.61 bits per heavy atom. The topological polar surface area (TPSA) is 68.7 Å². The quantitative estimate of drug-likeness (QED) is 0.117. The van der Waals surface area contributed by atoms with Crippen LogP contribution in [0.15, 0.2) is 99.3 Å². The molecule has 0 fully saturated rings. The lowest BCUT2D eigenvalue weighted by molar-refractivity contribution is 0.627. The molecule has 0 radical (unpaired) electrons. The molecule has 2 aliphatic carbocycles. The number of hydrogen-bond acceptors (Lipinski definition) is 4. The van der Waals surface area contributed by atoms with Crippen LogP contribution in [0, 0.1) is 35.8 Å². The highest BCUT2D eigenvalue weighted by Crippen LogP contribution is 2.19. The number of halogens is 3. The van der Waals surface area contributed by atoms with Gasteiger partial charge in [0, 0.05) is 44.7 Å². The fraction of sp³-hybridized carbons (Fsp3) is 0.238. The van der Waals surface area contributed by atoms with Crippen molar-refractivity contribution in [3.63, 3.8) is 0 Å². The number of aromatic nitrogens is 4. The van der Waals surface area contributed by atoms with E-state index in [1.807, 2.05) is 24.3 Å². The summed E-state index contributed by atoms with van der Waals surface area (Å²) in [4.78, 5) is 34.4. The van der Waals surface area contributed by atoms with Gasteiger partial charge in [0.05, 0.1) is 11.4 Å². The van der Waals surface area contributed by atoms with Crippen molar-refractivity contribution >= 4 is 27.2 Å². The maximum absolute atomic E-state index is 12.9. The summed E-state index contributed by atoms with van der Waals surface area (Å²) >= 11 is 3.41. The Balaban J connectivity index is 0.000000148. The number of aryl methyl sites for hydroxylation is 2. The Labute approximate surface area is 303 Å². The first kappa shape index (κ1) is 35.4. The van der Waals surface area contributed by atoms with Crippen LogP contribution in [0.2, 0.25) is 0 Å². The van der Waals surface area contributed by atoms with Crippen LogP contribution >= 0.6 is 15.9 Å². The molecule has 2 aromatic carbocycles. The zero-order valence-electron chi connectivity index (χ0n) is 28.0. The van der Waals surface area contributed by atoms with Gasteiger partial charge in [-0.2, -0.15) is 0 Å². The van der Waals surface area contributed by atoms with E-state index in [-0.39, 0.29) is 22.8 Å². The third-order valence-electron chi connectivity index (χ3n) is 8.87. The van der Waals surface area contributed by atoms with Gasteiger partial charge in [-0.3, -0.25) is 18.4 Å². The second-order valence-corrected chi connectivity index (χ2v) is 13.3. The van der Waals surface area contributed by atoms with E-state index >= 15 is 0 Å². The van der Waals surface area contributed by atoms with Gasteiger partial charge in [-0.15, -0.1) is 6.42 Å². The fourth-order valence-electron chi connectivity index (χ4n) is 6.18. The molecule has 2 aliphatic rings. The molecule has 0 unspecified atom stereocenters. The molecule has 0 spiro atoms. The van der Waals surface area contributed by atoms with Gasteiger partial charge in [-0.05, 0) is 124 Å². The molecule has 0 saturated carbocycles. The zero-order valence-corrected chi connectivity index (χ0v) is 29.6. The second-order valence-electron chi connectivity index (χ2n) is 12.4. The Bertz CT molecular complexity index is 2420. The first-order chi connectivity index (χ1) is 24.8. The normalized spacial score (nSPS) is 13.4. The van der Waals surface area contributed by atoms with Crippen molar-refractivity contribution in [1.29, 1.82) is 0 Å². The minimum atomic E-state index is -0.277. The first-order valence-electron chi connectivity index (χ1n) is 17.0. The van der Waals surface area contributed by atoms with Gasteiger partial charge in [-0.25, -0.2) is 18.7 Å². The van der Waals surface area contributed by atoms with Gasteiger partial charge in [0.2, 0.25) is 0 Å². The summed E-state index contributed by atoms with van der Waals surface area (Å²) < 4.78 is 29.3. The van der Waals surface area contributed by atoms with Gasteiger partial charge in [-0.1, -0.05) is 46.5 Å². The van der Waals surface area contributed by atoms with E-state index in [2.05, 4.69) is 38.7 Å². The van der Waals surface area contributed by atoms with E-state index in [1.54, 1.807) is 45.5 Å². The molecule has 0 saturated heterocycles. The molecular formula is C42H35BrF2N4O2. The smallest absolute Gasteiger partial charge is 0.261 e. The summed E-state index contributed by atoms with van der Waals surface area (Å²) in [6.45, 7) is 0. The Morgan fingerprint density at radius 1 is 0.588 bits per heavy atom. The standard InChI is InChI=1S/C21H17FN2O.C13H13BrN2O.C8H5F/c22-17-10-8-15(9-11-17)6-7-16-12-13-24-20(14-16)23-19-5-3-1-2-4-18(19)21(24)25;14-9-6-7-16-12(8-9)15-11-5-3-1-2-4-10(11)13(16)17;1-2-7-3-5-8(9)6-4-7/h8-14H,1-5H2;6-8H,1-5H2;1,3-6H. The van der Waals surface area contributed by atoms with Crippen molar-refractivity contribution in [1.82, 2.24) is 18.8 Å². The Hall–Kier alpha value is -5.38. The third kappa shape index (κ3) is 8.86. The lowest BCUT2D eigenvalue weighted by Crippen LogP contribution is -2.22. The Kier molecular flexibility index (Phi) is 11.5. The van der Waals surface area contributed by atoms with Crippen molar-refractivity contribution in [2.24, 2.45) is 0 Å². The summed E-state index contributed by atoms with van der Waals surface area (Å²) in [6, 6.07) is 19.3. The maximum atomic E-state index is 12.9. The average Bonchev–Trinajstić information content (AvgIpc) is 3.53. The monoisotopic (exact) mass is 744 g/mol. The van der Waals surface area contributed by atoms with Crippen molar-refractivity contribution in [3.8, 4) is 24.2 Å². The summed E-state index contributed by atoms with van der Waals surface area (Å²) in [6.07, 6.45) is 18.8. The Morgan fingerprint density at radius 2 is 1.06 bits per heavy atom.